The Kier molecular flexibility index (Phi) is 11.3. The van der Waals surface area contributed by atoms with E-state index in [1.807, 2.05) is 146 Å². The fraction of sp³-hybridized carbons (Fsp3) is 0.0769. The van der Waals surface area contributed by atoms with E-state index in [1.54, 1.807) is 0 Å². The van der Waals surface area contributed by atoms with E-state index in [0.717, 1.165) is 28.0 Å². The number of hydrogen-bond donors (Lipinski definition) is 4. The van der Waals surface area contributed by atoms with Gasteiger partial charge in [-0.2, -0.15) is 0 Å². The molecule has 8 nitrogen and oxygen atoms in total. The van der Waals surface area contributed by atoms with Gasteiger partial charge in [-0.15, -0.1) is 0 Å². The average Bonchev–Trinajstić information content (AvgIpc) is 3.24. The number of nitrogen functional groups attached to an aromatic ring is 4. The molecule has 8 aromatic carbocycles. The van der Waals surface area contributed by atoms with Gasteiger partial charge in [0.2, 0.25) is 0 Å². The van der Waals surface area contributed by atoms with E-state index in [4.69, 9.17) is 41.9 Å². The van der Waals surface area contributed by atoms with Gasteiger partial charge in [0.25, 0.3) is 0 Å². The fourth-order valence-corrected chi connectivity index (χ4v) is 7.52. The number of nitrogens with two attached hydrogens (primary N) is 4. The smallest absolute Gasteiger partial charge is 0.129 e. The van der Waals surface area contributed by atoms with Crippen LogP contribution in [0.25, 0.3) is 0 Å². The van der Waals surface area contributed by atoms with Crippen LogP contribution in [-0.4, -0.2) is 0 Å². The first-order chi connectivity index (χ1) is 29.2. The molecule has 0 spiro atoms. The van der Waals surface area contributed by atoms with Gasteiger partial charge in [0, 0.05) is 58.3 Å². The largest absolute Gasteiger partial charge is 0.457 e. The third-order valence-corrected chi connectivity index (χ3v) is 10.6. The molecule has 0 aliphatic carbocycles. The zero-order chi connectivity index (χ0) is 41.5. The molecule has 298 valence electrons. The molecule has 1 unspecified atom stereocenters. The van der Waals surface area contributed by atoms with Gasteiger partial charge in [-0.3, -0.25) is 0 Å². The van der Waals surface area contributed by atoms with E-state index in [2.05, 4.69) is 55.5 Å². The number of hydrogen-bond acceptors (Lipinski definition) is 8. The summed E-state index contributed by atoms with van der Waals surface area (Å²) in [7, 11) is 0. The maximum atomic E-state index is 6.24. The maximum absolute atomic E-state index is 6.24. The van der Waals surface area contributed by atoms with Crippen LogP contribution in [0.5, 0.6) is 46.0 Å². The summed E-state index contributed by atoms with van der Waals surface area (Å²) in [6.07, 6.45) is 0.688. The standard InChI is InChI=1S/C52H46N4O4/c1-52(37-18-26-45(27-19-37)59-49-12-4-8-41(55)33-49,38-20-28-46(29-21-38)60-50-13-5-9-42(56)34-50)51(36-16-24-44(25-17-36)58-48-11-3-7-40(54)32-48)30-35-14-22-43(23-15-35)57-47-10-2-6-39(53)31-47/h2-29,31-34,51H,30,53-56H2,1H3. The van der Waals surface area contributed by atoms with Crippen LogP contribution in [-0.2, 0) is 11.8 Å². The molecule has 0 saturated carbocycles. The summed E-state index contributed by atoms with van der Waals surface area (Å²) in [5.41, 5.74) is 30.6. The van der Waals surface area contributed by atoms with Crippen molar-refractivity contribution in [2.75, 3.05) is 22.9 Å². The minimum Gasteiger partial charge on any atom is -0.457 e. The molecule has 60 heavy (non-hydrogen) atoms. The van der Waals surface area contributed by atoms with Crippen molar-refractivity contribution in [3.05, 3.63) is 216 Å². The van der Waals surface area contributed by atoms with Crippen molar-refractivity contribution in [1.82, 2.24) is 0 Å². The predicted octanol–water partition coefficient (Wildman–Crippen LogP) is 12.5. The van der Waals surface area contributed by atoms with Crippen LogP contribution in [0.3, 0.4) is 0 Å². The monoisotopic (exact) mass is 790 g/mol. The summed E-state index contributed by atoms with van der Waals surface area (Å²) in [5, 5.41) is 0. The summed E-state index contributed by atoms with van der Waals surface area (Å²) >= 11 is 0. The molecule has 0 radical (unpaired) electrons. The quantitative estimate of drug-likeness (QED) is 0.0798. The highest BCUT2D eigenvalue weighted by Crippen LogP contribution is 2.48. The number of rotatable bonds is 14. The Hall–Kier alpha value is -7.84. The highest BCUT2D eigenvalue weighted by molar-refractivity contribution is 5.52. The molecule has 0 amide bonds. The van der Waals surface area contributed by atoms with Crippen LogP contribution in [0.4, 0.5) is 22.7 Å². The minimum absolute atomic E-state index is 0.0824. The van der Waals surface area contributed by atoms with Crippen LogP contribution in [0.15, 0.2) is 194 Å². The second-order valence-electron chi connectivity index (χ2n) is 14.9. The van der Waals surface area contributed by atoms with Gasteiger partial charge in [0.15, 0.2) is 0 Å². The van der Waals surface area contributed by atoms with Crippen molar-refractivity contribution in [2.45, 2.75) is 24.7 Å². The maximum Gasteiger partial charge on any atom is 0.129 e. The van der Waals surface area contributed by atoms with Crippen molar-refractivity contribution in [3.8, 4) is 46.0 Å². The Bertz CT molecular complexity index is 2590. The second-order valence-corrected chi connectivity index (χ2v) is 14.9. The highest BCUT2D eigenvalue weighted by Gasteiger charge is 2.39. The molecule has 0 fully saturated rings. The van der Waals surface area contributed by atoms with E-state index in [1.165, 1.54) is 0 Å². The lowest BCUT2D eigenvalue weighted by atomic mass is 9.63. The Morgan fingerprint density at radius 3 is 0.983 bits per heavy atom. The van der Waals surface area contributed by atoms with Gasteiger partial charge < -0.3 is 41.9 Å². The zero-order valence-electron chi connectivity index (χ0n) is 33.2. The van der Waals surface area contributed by atoms with E-state index in [-0.39, 0.29) is 5.92 Å². The molecule has 0 aromatic heterocycles. The molecule has 8 aromatic rings. The Balaban J connectivity index is 1.19. The van der Waals surface area contributed by atoms with Gasteiger partial charge >= 0.3 is 0 Å². The van der Waals surface area contributed by atoms with E-state index < -0.39 is 5.41 Å². The second kappa shape index (κ2) is 17.3. The summed E-state index contributed by atoms with van der Waals surface area (Å²) in [4.78, 5) is 0. The fourth-order valence-electron chi connectivity index (χ4n) is 7.52. The Morgan fingerprint density at radius 1 is 0.367 bits per heavy atom. The van der Waals surface area contributed by atoms with Crippen molar-refractivity contribution < 1.29 is 18.9 Å². The summed E-state index contributed by atoms with van der Waals surface area (Å²) in [6, 6.07) is 62.9. The number of ether oxygens (including phenoxy) is 4. The first-order valence-corrected chi connectivity index (χ1v) is 19.7. The van der Waals surface area contributed by atoms with Crippen molar-refractivity contribution in [3.63, 3.8) is 0 Å². The Labute approximate surface area is 350 Å². The van der Waals surface area contributed by atoms with Crippen molar-refractivity contribution >= 4 is 22.7 Å². The molecule has 1 atom stereocenters. The molecular weight excluding hydrogens is 745 g/mol. The summed E-state index contributed by atoms with van der Waals surface area (Å²) in [6.45, 7) is 2.30. The van der Waals surface area contributed by atoms with Gasteiger partial charge in [-0.25, -0.2) is 0 Å². The predicted molar refractivity (Wildman–Crippen MR) is 242 cm³/mol. The van der Waals surface area contributed by atoms with Crippen LogP contribution in [0.1, 0.15) is 35.1 Å². The molecule has 8 N–H and O–H groups in total. The first kappa shape index (κ1) is 39.0. The van der Waals surface area contributed by atoms with Crippen molar-refractivity contribution in [2.24, 2.45) is 0 Å². The van der Waals surface area contributed by atoms with E-state index >= 15 is 0 Å². The third kappa shape index (κ3) is 9.30. The van der Waals surface area contributed by atoms with Gasteiger partial charge in [0.1, 0.15) is 46.0 Å². The topological polar surface area (TPSA) is 141 Å². The molecule has 8 rings (SSSR count). The normalized spacial score (nSPS) is 11.7. The molecule has 0 saturated heterocycles. The van der Waals surface area contributed by atoms with Gasteiger partial charge in [0.05, 0.1) is 0 Å². The number of anilines is 4. The molecule has 0 aliphatic heterocycles. The Morgan fingerprint density at radius 2 is 0.667 bits per heavy atom. The third-order valence-electron chi connectivity index (χ3n) is 10.6. The van der Waals surface area contributed by atoms with E-state index in [9.17, 15) is 0 Å². The molecule has 0 aliphatic rings. The lowest BCUT2D eigenvalue weighted by Crippen LogP contribution is -2.33. The highest BCUT2D eigenvalue weighted by atomic mass is 16.5. The molecule has 8 heteroatoms. The van der Waals surface area contributed by atoms with Crippen LogP contribution in [0, 0.1) is 0 Å². The molecule has 0 heterocycles. The number of benzene rings is 8. The van der Waals surface area contributed by atoms with Crippen molar-refractivity contribution in [1.29, 1.82) is 0 Å². The van der Waals surface area contributed by atoms with Crippen LogP contribution >= 0.6 is 0 Å². The molecular formula is C52H46N4O4. The van der Waals surface area contributed by atoms with Crippen LogP contribution in [0.2, 0.25) is 0 Å². The summed E-state index contributed by atoms with van der Waals surface area (Å²) < 4.78 is 24.9. The zero-order valence-corrected chi connectivity index (χ0v) is 33.2. The van der Waals surface area contributed by atoms with Gasteiger partial charge in [-0.1, -0.05) is 79.7 Å². The van der Waals surface area contributed by atoms with Gasteiger partial charge in [-0.05, 0) is 126 Å². The molecule has 0 bridgehead atoms. The van der Waals surface area contributed by atoms with E-state index in [0.29, 0.717) is 69.4 Å². The summed E-state index contributed by atoms with van der Waals surface area (Å²) in [5.74, 6) is 5.44. The lowest BCUT2D eigenvalue weighted by molar-refractivity contribution is 0.436. The lowest BCUT2D eigenvalue weighted by Gasteiger charge is -2.40. The first-order valence-electron chi connectivity index (χ1n) is 19.7. The van der Waals surface area contributed by atoms with Crippen LogP contribution < -0.4 is 41.9 Å². The minimum atomic E-state index is -0.585. The average molecular weight is 791 g/mol. The SMILES string of the molecule is CC(c1ccc(Oc2cccc(N)c2)cc1)(c1ccc(Oc2cccc(N)c2)cc1)C(Cc1ccc(Oc2cccc(N)c2)cc1)c1ccc(Oc2cccc(N)c2)cc1.